The number of para-hydroxylation sites is 1. The third-order valence-electron chi connectivity index (χ3n) is 10.8. The number of nitrogens with one attached hydrogen (secondary N) is 8. The molecule has 1 fully saturated rings. The van der Waals surface area contributed by atoms with Gasteiger partial charge in [0.1, 0.15) is 30.2 Å². The molecule has 0 unspecified atom stereocenters. The normalized spacial score (nSPS) is 21.7. The van der Waals surface area contributed by atoms with Crippen LogP contribution in [0.2, 0.25) is 0 Å². The molecule has 2 aromatic carbocycles. The SMILES string of the molecule is NC(=O)[C@@H]1CCCCNC(=O)CCCCC(=O)N[C@@H](Cc2cnc[nH]2)C(=O)N[C@H](Cc2ccccc2)C(=O)N[C@@H](CCCN=C(N)N)C(=O)N[C@@H](Cc2c[nH]c3ccccc23)C(=O)N1. The van der Waals surface area contributed by atoms with E-state index in [0.717, 1.165) is 10.9 Å². The largest absolute Gasteiger partial charge is 0.370 e. The van der Waals surface area contributed by atoms with Crippen molar-refractivity contribution in [2.45, 2.75) is 107 Å². The summed E-state index contributed by atoms with van der Waals surface area (Å²) < 4.78 is 0. The molecule has 20 heteroatoms. The molecule has 0 spiro atoms. The molecule has 5 rings (SSSR count). The van der Waals surface area contributed by atoms with Crippen molar-refractivity contribution >= 4 is 58.2 Å². The van der Waals surface area contributed by atoms with Crippen LogP contribution in [-0.4, -0.2) is 106 Å². The Morgan fingerprint density at radius 3 is 2.02 bits per heavy atom. The van der Waals surface area contributed by atoms with E-state index in [4.69, 9.17) is 17.2 Å². The summed E-state index contributed by atoms with van der Waals surface area (Å²) in [7, 11) is 0. The van der Waals surface area contributed by atoms with Crippen LogP contribution in [0.15, 0.2) is 78.3 Å². The number of aromatic nitrogens is 3. The molecule has 4 aromatic rings. The molecule has 0 saturated carbocycles. The Morgan fingerprint density at radius 2 is 1.31 bits per heavy atom. The Labute approximate surface area is 370 Å². The van der Waals surface area contributed by atoms with Crippen molar-refractivity contribution in [1.82, 2.24) is 46.9 Å². The van der Waals surface area contributed by atoms with Crippen molar-refractivity contribution < 1.29 is 33.6 Å². The van der Waals surface area contributed by atoms with Gasteiger partial charge in [0.2, 0.25) is 41.4 Å². The molecule has 3 heterocycles. The molecule has 20 nitrogen and oxygen atoms in total. The molecule has 7 amide bonds. The second-order valence-electron chi connectivity index (χ2n) is 15.8. The number of aromatic amines is 2. The molecule has 1 aliphatic heterocycles. The third-order valence-corrected chi connectivity index (χ3v) is 10.8. The highest BCUT2D eigenvalue weighted by Crippen LogP contribution is 2.20. The van der Waals surface area contributed by atoms with E-state index in [0.29, 0.717) is 49.0 Å². The van der Waals surface area contributed by atoms with Crippen LogP contribution < -0.4 is 49.1 Å². The van der Waals surface area contributed by atoms with Crippen LogP contribution in [0.4, 0.5) is 0 Å². The molecule has 0 radical (unpaired) electrons. The summed E-state index contributed by atoms with van der Waals surface area (Å²) in [6.45, 7) is 0.425. The van der Waals surface area contributed by atoms with Gasteiger partial charge in [-0.05, 0) is 62.1 Å². The number of imidazole rings is 1. The van der Waals surface area contributed by atoms with Gasteiger partial charge in [-0.1, -0.05) is 48.5 Å². The van der Waals surface area contributed by atoms with Crippen molar-refractivity contribution in [3.05, 3.63) is 90.1 Å². The fourth-order valence-electron chi connectivity index (χ4n) is 7.39. The molecular weight excluding hydrogens is 823 g/mol. The summed E-state index contributed by atoms with van der Waals surface area (Å²) in [5.41, 5.74) is 19.6. The highest BCUT2D eigenvalue weighted by molar-refractivity contribution is 5.97. The van der Waals surface area contributed by atoms with Gasteiger partial charge in [-0.2, -0.15) is 0 Å². The number of hydrogen-bond acceptors (Lipinski definition) is 9. The van der Waals surface area contributed by atoms with Crippen molar-refractivity contribution in [2.24, 2.45) is 22.2 Å². The number of primary amides is 1. The average molecular weight is 882 g/mol. The molecule has 1 saturated heterocycles. The smallest absolute Gasteiger partial charge is 0.243 e. The van der Waals surface area contributed by atoms with Gasteiger partial charge in [-0.3, -0.25) is 38.6 Å². The monoisotopic (exact) mass is 881 g/mol. The summed E-state index contributed by atoms with van der Waals surface area (Å²) >= 11 is 0. The van der Waals surface area contributed by atoms with E-state index < -0.39 is 65.7 Å². The van der Waals surface area contributed by atoms with Crippen molar-refractivity contribution in [2.75, 3.05) is 13.1 Å². The Bertz CT molecular complexity index is 2220. The van der Waals surface area contributed by atoms with Crippen molar-refractivity contribution in [3.8, 4) is 0 Å². The molecule has 14 N–H and O–H groups in total. The van der Waals surface area contributed by atoms with Gasteiger partial charge in [0.05, 0.1) is 6.33 Å². The van der Waals surface area contributed by atoms with Gasteiger partial charge >= 0.3 is 0 Å². The summed E-state index contributed by atoms with van der Waals surface area (Å²) in [4.78, 5) is 110. The highest BCUT2D eigenvalue weighted by atomic mass is 16.2. The minimum Gasteiger partial charge on any atom is -0.370 e. The maximum Gasteiger partial charge on any atom is 0.243 e. The zero-order valence-corrected chi connectivity index (χ0v) is 35.7. The van der Waals surface area contributed by atoms with Crippen LogP contribution in [-0.2, 0) is 52.8 Å². The first-order chi connectivity index (χ1) is 30.9. The summed E-state index contributed by atoms with van der Waals surface area (Å²) in [5.74, 6) is -4.39. The van der Waals surface area contributed by atoms with E-state index in [1.807, 2.05) is 24.3 Å². The minimum atomic E-state index is -1.27. The number of nitrogens with two attached hydrogens (primary N) is 3. The number of aliphatic imine (C=N–C) groups is 1. The van der Waals surface area contributed by atoms with Gasteiger partial charge in [-0.25, -0.2) is 4.98 Å². The Morgan fingerprint density at radius 1 is 0.672 bits per heavy atom. The van der Waals surface area contributed by atoms with E-state index >= 15 is 0 Å². The lowest BCUT2D eigenvalue weighted by molar-refractivity contribution is -0.135. The Hall–Kier alpha value is -7.25. The van der Waals surface area contributed by atoms with Crippen LogP contribution >= 0.6 is 0 Å². The van der Waals surface area contributed by atoms with Gasteiger partial charge in [0, 0.05) is 74.2 Å². The lowest BCUT2D eigenvalue weighted by Crippen LogP contribution is -2.59. The first-order valence-electron chi connectivity index (χ1n) is 21.5. The fraction of sp³-hybridized carbons (Fsp3) is 0.432. The van der Waals surface area contributed by atoms with Crippen LogP contribution in [0.1, 0.15) is 74.6 Å². The maximum absolute atomic E-state index is 14.4. The zero-order valence-electron chi connectivity index (χ0n) is 35.7. The number of rotatable bonds is 11. The number of guanidine groups is 1. The van der Waals surface area contributed by atoms with E-state index in [-0.39, 0.29) is 69.8 Å². The lowest BCUT2D eigenvalue weighted by Gasteiger charge is -2.27. The molecular formula is C44H59N13O7. The first kappa shape index (κ1) is 47.8. The van der Waals surface area contributed by atoms with Crippen LogP contribution in [0.5, 0.6) is 0 Å². The molecule has 2 aromatic heterocycles. The van der Waals surface area contributed by atoms with Crippen molar-refractivity contribution in [1.29, 1.82) is 0 Å². The second kappa shape index (κ2) is 24.4. The van der Waals surface area contributed by atoms with Gasteiger partial charge < -0.3 is 59.1 Å². The number of hydrogen-bond donors (Lipinski definition) is 11. The number of nitrogens with zero attached hydrogens (tertiary/aromatic N) is 2. The summed E-state index contributed by atoms with van der Waals surface area (Å²) in [5, 5.41) is 17.6. The predicted octanol–water partition coefficient (Wildman–Crippen LogP) is -0.258. The topological polar surface area (TPSA) is 327 Å². The van der Waals surface area contributed by atoms with Crippen LogP contribution in [0.25, 0.3) is 10.9 Å². The number of carbonyl (C=O) groups is 7. The highest BCUT2D eigenvalue weighted by Gasteiger charge is 2.33. The fourth-order valence-corrected chi connectivity index (χ4v) is 7.39. The first-order valence-corrected chi connectivity index (χ1v) is 21.5. The molecule has 5 atom stereocenters. The number of H-pyrrole nitrogens is 2. The van der Waals surface area contributed by atoms with Gasteiger partial charge in [0.25, 0.3) is 0 Å². The third kappa shape index (κ3) is 15.3. The predicted molar refractivity (Wildman–Crippen MR) is 239 cm³/mol. The van der Waals surface area contributed by atoms with Crippen molar-refractivity contribution in [3.63, 3.8) is 0 Å². The Kier molecular flexibility index (Phi) is 18.2. The lowest BCUT2D eigenvalue weighted by atomic mass is 10.0. The van der Waals surface area contributed by atoms with E-state index in [9.17, 15) is 33.6 Å². The standard InChI is InChI=1S/C44H59N13O7/c45-39(60)32-15-8-9-19-49-37(58)17-6-7-18-38(59)53-36(23-29-25-48-26-52-29)43(64)56-34(21-27-11-2-1-3-12-27)41(62)55-33(16-10-20-50-44(46)47)40(61)57-35(42(63)54-32)22-28-24-51-31-14-5-4-13-30(28)31/h1-5,11-14,24-26,32-36,51H,6-10,15-23H2,(H2,45,60)(H,48,52)(H,49,58)(H,53,59)(H,54,63)(H,55,62)(H,56,64)(H,57,61)(H4,46,47,50)/t32-,33-,34+,35-,36-/m0/s1. The summed E-state index contributed by atoms with van der Waals surface area (Å²) in [6, 6.07) is 10.3. The van der Waals surface area contributed by atoms with E-state index in [2.05, 4.69) is 51.8 Å². The number of carbonyl (C=O) groups excluding carboxylic acids is 7. The Balaban J connectivity index is 1.48. The molecule has 64 heavy (non-hydrogen) atoms. The van der Waals surface area contributed by atoms with Gasteiger partial charge in [0.15, 0.2) is 5.96 Å². The van der Waals surface area contributed by atoms with Crippen LogP contribution in [0, 0.1) is 0 Å². The average Bonchev–Trinajstić information content (AvgIpc) is 3.94. The number of fused-ring (bicyclic) bond motifs is 1. The second-order valence-corrected chi connectivity index (χ2v) is 15.8. The summed E-state index contributed by atoms with van der Waals surface area (Å²) in [6.07, 6.45) is 7.00. The maximum atomic E-state index is 14.4. The number of benzene rings is 2. The van der Waals surface area contributed by atoms with E-state index in [1.54, 1.807) is 36.5 Å². The molecule has 0 aliphatic carbocycles. The van der Waals surface area contributed by atoms with E-state index in [1.165, 1.54) is 12.5 Å². The van der Waals surface area contributed by atoms with Crippen LogP contribution in [0.3, 0.4) is 0 Å². The molecule has 342 valence electrons. The number of amides is 7. The quantitative estimate of drug-likeness (QED) is 0.0533. The van der Waals surface area contributed by atoms with Gasteiger partial charge in [-0.15, -0.1) is 0 Å². The molecule has 0 bridgehead atoms. The minimum absolute atomic E-state index is 0.00758. The molecule has 1 aliphatic rings. The zero-order chi connectivity index (χ0) is 45.8.